The second-order valence-electron chi connectivity index (χ2n) is 5.62. The number of para-hydroxylation sites is 2. The number of methoxy groups -OCH3 is 1. The summed E-state index contributed by atoms with van der Waals surface area (Å²) in [7, 11) is 1.65. The van der Waals surface area contributed by atoms with Crippen molar-refractivity contribution in [2.24, 2.45) is 0 Å². The van der Waals surface area contributed by atoms with Gasteiger partial charge in [0.05, 0.1) is 13.3 Å². The van der Waals surface area contributed by atoms with Gasteiger partial charge < -0.3 is 10.1 Å². The van der Waals surface area contributed by atoms with Crippen molar-refractivity contribution in [1.29, 1.82) is 0 Å². The number of hydrogen-bond donors (Lipinski definition) is 1. The monoisotopic (exact) mass is 367 g/mol. The van der Waals surface area contributed by atoms with Crippen LogP contribution in [0.4, 0.5) is 0 Å². The molecule has 0 aliphatic heterocycles. The molecule has 1 heterocycles. The van der Waals surface area contributed by atoms with Gasteiger partial charge in [-0.05, 0) is 36.4 Å². The summed E-state index contributed by atoms with van der Waals surface area (Å²) in [5.74, 6) is 0.692. The molecule has 1 aromatic heterocycles. The van der Waals surface area contributed by atoms with Crippen LogP contribution in [0.1, 0.15) is 16.1 Å². The molecule has 6 heteroatoms. The molecule has 1 amide bonds. The van der Waals surface area contributed by atoms with Crippen molar-refractivity contribution in [1.82, 2.24) is 14.9 Å². The van der Waals surface area contributed by atoms with Crippen LogP contribution >= 0.6 is 11.8 Å². The maximum Gasteiger partial charge on any atom is 0.269 e. The first-order valence-electron chi connectivity index (χ1n) is 8.32. The normalized spacial score (nSPS) is 10.5. The Hall–Kier alpha value is -2.73. The fourth-order valence-corrected chi connectivity index (χ4v) is 3.32. The predicted octanol–water partition coefficient (Wildman–Crippen LogP) is 3.58. The van der Waals surface area contributed by atoms with Crippen LogP contribution in [0.2, 0.25) is 0 Å². The molecule has 0 fully saturated rings. The van der Waals surface area contributed by atoms with E-state index in [-0.39, 0.29) is 5.91 Å². The summed E-state index contributed by atoms with van der Waals surface area (Å²) in [6.45, 7) is 0.522. The molecule has 0 aliphatic carbocycles. The molecular weight excluding hydrogens is 346 g/mol. The van der Waals surface area contributed by atoms with Crippen LogP contribution in [0, 0.1) is 0 Å². The molecule has 1 N–H and O–H groups in total. The lowest BCUT2D eigenvalue weighted by atomic mass is 10.1. The lowest BCUT2D eigenvalue weighted by Gasteiger charge is -2.12. The average Bonchev–Trinajstić information content (AvgIpc) is 3.13. The Kier molecular flexibility index (Phi) is 5.96. The van der Waals surface area contributed by atoms with Gasteiger partial charge in [0.25, 0.3) is 5.91 Å². The van der Waals surface area contributed by atoms with Gasteiger partial charge >= 0.3 is 0 Å². The third kappa shape index (κ3) is 3.91. The smallest absolute Gasteiger partial charge is 0.269 e. The lowest BCUT2D eigenvalue weighted by Crippen LogP contribution is -2.27. The first-order valence-corrected chi connectivity index (χ1v) is 9.54. The van der Waals surface area contributed by atoms with E-state index in [0.717, 1.165) is 22.2 Å². The van der Waals surface area contributed by atoms with Crippen molar-refractivity contribution in [2.45, 2.75) is 11.6 Å². The molecule has 0 atom stereocenters. The second kappa shape index (κ2) is 8.58. The topological polar surface area (TPSA) is 56.1 Å². The summed E-state index contributed by atoms with van der Waals surface area (Å²) < 4.78 is 7.23. The number of nitrogens with zero attached hydrogens (tertiary/aromatic N) is 2. The van der Waals surface area contributed by atoms with E-state index in [1.54, 1.807) is 13.3 Å². The van der Waals surface area contributed by atoms with Crippen LogP contribution in [0.3, 0.4) is 0 Å². The summed E-state index contributed by atoms with van der Waals surface area (Å²) in [6, 6.07) is 17.6. The molecule has 0 spiro atoms. The maximum atomic E-state index is 12.7. The average molecular weight is 367 g/mol. The highest BCUT2D eigenvalue weighted by molar-refractivity contribution is 7.98. The summed E-state index contributed by atoms with van der Waals surface area (Å²) in [5.41, 5.74) is 2.52. The number of aromatic nitrogens is 2. The minimum absolute atomic E-state index is 0.142. The van der Waals surface area contributed by atoms with E-state index in [1.165, 1.54) is 11.8 Å². The highest BCUT2D eigenvalue weighted by Crippen LogP contribution is 2.22. The Morgan fingerprint density at radius 1 is 1.15 bits per heavy atom. The van der Waals surface area contributed by atoms with Gasteiger partial charge in [-0.3, -0.25) is 9.36 Å². The molecule has 134 valence electrons. The van der Waals surface area contributed by atoms with Gasteiger partial charge in [0.15, 0.2) is 5.16 Å². The van der Waals surface area contributed by atoms with Crippen LogP contribution < -0.4 is 10.1 Å². The first-order chi connectivity index (χ1) is 12.7. The van der Waals surface area contributed by atoms with Gasteiger partial charge in [0.2, 0.25) is 0 Å². The number of amides is 1. The molecule has 3 aromatic rings. The molecule has 2 aromatic carbocycles. The molecule has 0 bridgehead atoms. The minimum atomic E-state index is -0.142. The van der Waals surface area contributed by atoms with Crippen molar-refractivity contribution in [2.75, 3.05) is 19.9 Å². The quantitative estimate of drug-likeness (QED) is 0.649. The number of imidazole rings is 1. The van der Waals surface area contributed by atoms with Crippen molar-refractivity contribution in [3.63, 3.8) is 0 Å². The third-order valence-corrected chi connectivity index (χ3v) is 4.68. The van der Waals surface area contributed by atoms with E-state index in [0.29, 0.717) is 18.7 Å². The van der Waals surface area contributed by atoms with Crippen molar-refractivity contribution in [3.05, 3.63) is 72.1 Å². The molecule has 3 rings (SSSR count). The van der Waals surface area contributed by atoms with E-state index in [9.17, 15) is 4.79 Å². The standard InChI is InChI=1S/C20H21N3O2S/c1-25-18-11-7-6-8-15(18)12-13-21-19(24)17-14-22-20(26-2)23(17)16-9-4-3-5-10-16/h3-11,14H,12-13H2,1-2H3,(H,21,24). The van der Waals surface area contributed by atoms with Gasteiger partial charge in [0.1, 0.15) is 11.4 Å². The van der Waals surface area contributed by atoms with Crippen LogP contribution in [0.5, 0.6) is 5.75 Å². The van der Waals surface area contributed by atoms with Crippen molar-refractivity contribution in [3.8, 4) is 11.4 Å². The highest BCUT2D eigenvalue weighted by Gasteiger charge is 2.17. The summed E-state index contributed by atoms with van der Waals surface area (Å²) >= 11 is 1.51. The Balaban J connectivity index is 1.74. The van der Waals surface area contributed by atoms with Crippen LogP contribution in [-0.2, 0) is 6.42 Å². The molecule has 0 radical (unpaired) electrons. The van der Waals surface area contributed by atoms with Crippen molar-refractivity contribution >= 4 is 17.7 Å². The first kappa shape index (κ1) is 18.1. The van der Waals surface area contributed by atoms with E-state index in [2.05, 4.69) is 10.3 Å². The van der Waals surface area contributed by atoms with E-state index < -0.39 is 0 Å². The largest absolute Gasteiger partial charge is 0.496 e. The number of carbonyl (C=O) groups is 1. The Labute approximate surface area is 157 Å². The number of rotatable bonds is 7. The third-order valence-electron chi connectivity index (χ3n) is 4.03. The summed E-state index contributed by atoms with van der Waals surface area (Å²) in [6.07, 6.45) is 4.27. The number of ether oxygens (including phenoxy) is 1. The van der Waals surface area contributed by atoms with Crippen molar-refractivity contribution < 1.29 is 9.53 Å². The molecule has 0 aliphatic rings. The zero-order valence-electron chi connectivity index (χ0n) is 14.8. The minimum Gasteiger partial charge on any atom is -0.496 e. The number of benzene rings is 2. The number of carbonyl (C=O) groups excluding carboxylic acids is 1. The number of thioether (sulfide) groups is 1. The molecule has 26 heavy (non-hydrogen) atoms. The fourth-order valence-electron chi connectivity index (χ4n) is 2.78. The van der Waals surface area contributed by atoms with Crippen LogP contribution in [0.15, 0.2) is 66.0 Å². The zero-order valence-corrected chi connectivity index (χ0v) is 15.6. The maximum absolute atomic E-state index is 12.7. The van der Waals surface area contributed by atoms with Gasteiger partial charge in [0, 0.05) is 12.2 Å². The summed E-state index contributed by atoms with van der Waals surface area (Å²) in [5, 5.41) is 3.77. The Morgan fingerprint density at radius 2 is 1.88 bits per heavy atom. The predicted molar refractivity (Wildman–Crippen MR) is 104 cm³/mol. The van der Waals surface area contributed by atoms with Gasteiger partial charge in [-0.25, -0.2) is 4.98 Å². The molecule has 0 unspecified atom stereocenters. The van der Waals surface area contributed by atoms with Gasteiger partial charge in [-0.15, -0.1) is 0 Å². The SMILES string of the molecule is COc1ccccc1CCNC(=O)c1cnc(SC)n1-c1ccccc1. The zero-order chi connectivity index (χ0) is 18.4. The van der Waals surface area contributed by atoms with E-state index in [1.807, 2.05) is 65.4 Å². The molecule has 5 nitrogen and oxygen atoms in total. The van der Waals surface area contributed by atoms with E-state index in [4.69, 9.17) is 4.74 Å². The lowest BCUT2D eigenvalue weighted by molar-refractivity contribution is 0.0946. The van der Waals surface area contributed by atoms with E-state index >= 15 is 0 Å². The van der Waals surface area contributed by atoms with Gasteiger partial charge in [-0.2, -0.15) is 0 Å². The molecular formula is C20H21N3O2S. The number of nitrogens with one attached hydrogen (secondary N) is 1. The van der Waals surface area contributed by atoms with Crippen LogP contribution in [0.25, 0.3) is 5.69 Å². The Bertz CT molecular complexity index is 878. The highest BCUT2D eigenvalue weighted by atomic mass is 32.2. The fraction of sp³-hybridized carbons (Fsp3) is 0.200. The molecule has 0 saturated carbocycles. The Morgan fingerprint density at radius 3 is 2.62 bits per heavy atom. The number of hydrogen-bond acceptors (Lipinski definition) is 4. The van der Waals surface area contributed by atoms with Gasteiger partial charge in [-0.1, -0.05) is 48.2 Å². The summed E-state index contributed by atoms with van der Waals surface area (Å²) in [4.78, 5) is 17.1. The molecule has 0 saturated heterocycles. The second-order valence-corrected chi connectivity index (χ2v) is 6.39. The van der Waals surface area contributed by atoms with Crippen LogP contribution in [-0.4, -0.2) is 35.4 Å².